The number of nitrogens with zero attached hydrogens (tertiary/aromatic N) is 2. The van der Waals surface area contributed by atoms with Gasteiger partial charge in [0.1, 0.15) is 0 Å². The molecule has 3 nitrogen and oxygen atoms in total. The summed E-state index contributed by atoms with van der Waals surface area (Å²) < 4.78 is 0. The summed E-state index contributed by atoms with van der Waals surface area (Å²) in [5.74, 6) is 0. The summed E-state index contributed by atoms with van der Waals surface area (Å²) in [5, 5.41) is 3.41. The van der Waals surface area contributed by atoms with Gasteiger partial charge in [0.15, 0.2) is 0 Å². The first-order valence-corrected chi connectivity index (χ1v) is 7.70. The molecule has 1 aromatic carbocycles. The van der Waals surface area contributed by atoms with E-state index in [1.807, 2.05) is 13.0 Å². The Morgan fingerprint density at radius 3 is 2.57 bits per heavy atom. The summed E-state index contributed by atoms with van der Waals surface area (Å²) in [7, 11) is 0. The molecule has 2 rings (SSSR count). The van der Waals surface area contributed by atoms with Crippen LogP contribution in [0.4, 0.5) is 5.69 Å². The number of rotatable bonds is 7. The zero-order valence-electron chi connectivity index (χ0n) is 13.3. The summed E-state index contributed by atoms with van der Waals surface area (Å²) in [6.07, 6.45) is 0. The van der Waals surface area contributed by atoms with Crippen molar-refractivity contribution in [3.63, 3.8) is 0 Å². The lowest BCUT2D eigenvalue weighted by atomic mass is 10.1. The Balaban J connectivity index is 2.20. The quantitative estimate of drug-likeness (QED) is 0.842. The van der Waals surface area contributed by atoms with Crippen molar-refractivity contribution in [3.05, 3.63) is 59.4 Å². The molecule has 1 N–H and O–H groups in total. The average molecular weight is 283 g/mol. The molecule has 2 aromatic rings. The van der Waals surface area contributed by atoms with E-state index >= 15 is 0 Å². The summed E-state index contributed by atoms with van der Waals surface area (Å²) in [4.78, 5) is 7.00. The molecule has 21 heavy (non-hydrogen) atoms. The van der Waals surface area contributed by atoms with E-state index in [1.165, 1.54) is 11.3 Å². The van der Waals surface area contributed by atoms with E-state index < -0.39 is 0 Å². The summed E-state index contributed by atoms with van der Waals surface area (Å²) in [6.45, 7) is 10.1. The van der Waals surface area contributed by atoms with E-state index in [0.717, 1.165) is 37.6 Å². The van der Waals surface area contributed by atoms with Crippen LogP contribution in [0.1, 0.15) is 30.8 Å². The SMILES string of the molecule is CCNCc1ccccc1N(CC)Cc1cccc(C)n1. The zero-order valence-corrected chi connectivity index (χ0v) is 13.3. The maximum atomic E-state index is 4.62. The third-order valence-electron chi connectivity index (χ3n) is 3.58. The minimum Gasteiger partial charge on any atom is -0.366 e. The van der Waals surface area contributed by atoms with Crippen molar-refractivity contribution in [2.24, 2.45) is 0 Å². The second kappa shape index (κ2) is 7.79. The first-order chi connectivity index (χ1) is 10.2. The Morgan fingerprint density at radius 2 is 1.86 bits per heavy atom. The molecule has 1 aromatic heterocycles. The highest BCUT2D eigenvalue weighted by atomic mass is 15.1. The van der Waals surface area contributed by atoms with Crippen LogP contribution in [0.2, 0.25) is 0 Å². The van der Waals surface area contributed by atoms with Crippen molar-refractivity contribution in [3.8, 4) is 0 Å². The van der Waals surface area contributed by atoms with Crippen LogP contribution in [0.5, 0.6) is 0 Å². The van der Waals surface area contributed by atoms with Crippen LogP contribution in [0.25, 0.3) is 0 Å². The van der Waals surface area contributed by atoms with E-state index in [9.17, 15) is 0 Å². The molecule has 0 saturated heterocycles. The number of nitrogens with one attached hydrogen (secondary N) is 1. The number of aryl methyl sites for hydroxylation is 1. The number of para-hydroxylation sites is 1. The second-order valence-electron chi connectivity index (χ2n) is 5.19. The van der Waals surface area contributed by atoms with Gasteiger partial charge in [-0.2, -0.15) is 0 Å². The maximum Gasteiger partial charge on any atom is 0.0602 e. The first kappa shape index (κ1) is 15.5. The molecule has 0 aliphatic carbocycles. The van der Waals surface area contributed by atoms with Crippen molar-refractivity contribution in [2.45, 2.75) is 33.9 Å². The largest absolute Gasteiger partial charge is 0.366 e. The van der Waals surface area contributed by atoms with Crippen LogP contribution >= 0.6 is 0 Å². The van der Waals surface area contributed by atoms with Crippen LogP contribution in [0, 0.1) is 6.92 Å². The van der Waals surface area contributed by atoms with Crippen molar-refractivity contribution < 1.29 is 0 Å². The fourth-order valence-corrected chi connectivity index (χ4v) is 2.48. The molecule has 112 valence electrons. The molecule has 0 amide bonds. The maximum absolute atomic E-state index is 4.62. The van der Waals surface area contributed by atoms with Crippen LogP contribution < -0.4 is 10.2 Å². The average Bonchev–Trinajstić information content (AvgIpc) is 2.51. The van der Waals surface area contributed by atoms with Crippen LogP contribution in [0.3, 0.4) is 0 Å². The van der Waals surface area contributed by atoms with Gasteiger partial charge < -0.3 is 10.2 Å². The van der Waals surface area contributed by atoms with Crippen molar-refractivity contribution in [1.82, 2.24) is 10.3 Å². The zero-order chi connectivity index (χ0) is 15.1. The number of hydrogen-bond acceptors (Lipinski definition) is 3. The van der Waals surface area contributed by atoms with Crippen LogP contribution in [0.15, 0.2) is 42.5 Å². The molecule has 0 saturated carbocycles. The molecular weight excluding hydrogens is 258 g/mol. The predicted molar refractivity (Wildman–Crippen MR) is 89.5 cm³/mol. The normalized spacial score (nSPS) is 10.6. The van der Waals surface area contributed by atoms with Gasteiger partial charge in [-0.25, -0.2) is 0 Å². The Kier molecular flexibility index (Phi) is 5.76. The molecule has 3 heteroatoms. The molecule has 1 heterocycles. The topological polar surface area (TPSA) is 28.2 Å². The molecule has 0 fully saturated rings. The lowest BCUT2D eigenvalue weighted by Crippen LogP contribution is -2.25. The number of benzene rings is 1. The molecule has 0 atom stereocenters. The highest BCUT2D eigenvalue weighted by Gasteiger charge is 2.10. The highest BCUT2D eigenvalue weighted by Crippen LogP contribution is 2.22. The standard InChI is InChI=1S/C18H25N3/c1-4-19-13-16-10-6-7-12-18(16)21(5-2)14-17-11-8-9-15(3)20-17/h6-12,19H,4-5,13-14H2,1-3H3. The summed E-state index contributed by atoms with van der Waals surface area (Å²) >= 11 is 0. The van der Waals surface area contributed by atoms with Crippen LogP contribution in [-0.4, -0.2) is 18.1 Å². The number of anilines is 1. The second-order valence-corrected chi connectivity index (χ2v) is 5.19. The minimum absolute atomic E-state index is 0.849. The lowest BCUT2D eigenvalue weighted by Gasteiger charge is -2.25. The smallest absolute Gasteiger partial charge is 0.0602 e. The number of hydrogen-bond donors (Lipinski definition) is 1. The van der Waals surface area contributed by atoms with Gasteiger partial charge in [-0.15, -0.1) is 0 Å². The van der Waals surface area contributed by atoms with Gasteiger partial charge in [0, 0.05) is 24.5 Å². The van der Waals surface area contributed by atoms with Gasteiger partial charge in [-0.05, 0) is 44.2 Å². The molecule has 0 spiro atoms. The van der Waals surface area contributed by atoms with E-state index in [2.05, 4.69) is 65.4 Å². The Hall–Kier alpha value is -1.87. The lowest BCUT2D eigenvalue weighted by molar-refractivity contribution is 0.717. The van der Waals surface area contributed by atoms with Gasteiger partial charge >= 0.3 is 0 Å². The molecular formula is C18H25N3. The third kappa shape index (κ3) is 4.30. The van der Waals surface area contributed by atoms with Gasteiger partial charge in [-0.3, -0.25) is 4.98 Å². The summed E-state index contributed by atoms with van der Waals surface area (Å²) in [6, 6.07) is 14.8. The first-order valence-electron chi connectivity index (χ1n) is 7.70. The van der Waals surface area contributed by atoms with Gasteiger partial charge in [0.05, 0.1) is 12.2 Å². The fourth-order valence-electron chi connectivity index (χ4n) is 2.48. The van der Waals surface area contributed by atoms with E-state index in [0.29, 0.717) is 0 Å². The molecule has 0 unspecified atom stereocenters. The Labute approximate surface area is 128 Å². The molecule has 0 radical (unpaired) electrons. The predicted octanol–water partition coefficient (Wildman–Crippen LogP) is 3.53. The monoisotopic (exact) mass is 283 g/mol. The Morgan fingerprint density at radius 1 is 1.05 bits per heavy atom. The van der Waals surface area contributed by atoms with Crippen molar-refractivity contribution in [1.29, 1.82) is 0 Å². The van der Waals surface area contributed by atoms with Gasteiger partial charge in [0.2, 0.25) is 0 Å². The molecule has 0 aliphatic rings. The highest BCUT2D eigenvalue weighted by molar-refractivity contribution is 5.53. The number of pyridine rings is 1. The van der Waals surface area contributed by atoms with E-state index in [4.69, 9.17) is 0 Å². The summed E-state index contributed by atoms with van der Waals surface area (Å²) in [5.41, 5.74) is 4.83. The Bertz CT molecular complexity index is 566. The number of aromatic nitrogens is 1. The molecule has 0 bridgehead atoms. The minimum atomic E-state index is 0.849. The van der Waals surface area contributed by atoms with Crippen molar-refractivity contribution >= 4 is 5.69 Å². The van der Waals surface area contributed by atoms with Crippen LogP contribution in [-0.2, 0) is 13.1 Å². The third-order valence-corrected chi connectivity index (χ3v) is 3.58. The van der Waals surface area contributed by atoms with E-state index in [1.54, 1.807) is 0 Å². The fraction of sp³-hybridized carbons (Fsp3) is 0.389. The van der Waals surface area contributed by atoms with Crippen molar-refractivity contribution in [2.75, 3.05) is 18.0 Å². The van der Waals surface area contributed by atoms with E-state index in [-0.39, 0.29) is 0 Å². The molecule has 0 aliphatic heterocycles. The van der Waals surface area contributed by atoms with Gasteiger partial charge in [0.25, 0.3) is 0 Å². The van der Waals surface area contributed by atoms with Gasteiger partial charge in [-0.1, -0.05) is 31.2 Å².